The van der Waals surface area contributed by atoms with E-state index < -0.39 is 5.82 Å². The van der Waals surface area contributed by atoms with Crippen LogP contribution in [0.3, 0.4) is 0 Å². The molecule has 2 aromatic rings. The summed E-state index contributed by atoms with van der Waals surface area (Å²) in [6.45, 7) is 0.305. The number of halogens is 2. The number of ether oxygens (including phenoxy) is 1. The molecule has 2 N–H and O–H groups in total. The highest BCUT2D eigenvalue weighted by atomic mass is 19.1. The zero-order chi connectivity index (χ0) is 15.4. The fourth-order valence-corrected chi connectivity index (χ4v) is 2.26. The number of rotatable bonds is 5. The van der Waals surface area contributed by atoms with Crippen LogP contribution in [0.4, 0.5) is 14.5 Å². The fourth-order valence-electron chi connectivity index (χ4n) is 2.26. The van der Waals surface area contributed by atoms with Crippen molar-refractivity contribution in [2.45, 2.75) is 6.04 Å². The van der Waals surface area contributed by atoms with Crippen LogP contribution in [0.5, 0.6) is 5.75 Å². The molecule has 2 aromatic carbocycles. The number of anilines is 1. The van der Waals surface area contributed by atoms with Crippen molar-refractivity contribution in [3.8, 4) is 5.75 Å². The molecular weight excluding hydrogens is 274 g/mol. The summed E-state index contributed by atoms with van der Waals surface area (Å²) in [5.41, 5.74) is 7.37. The molecular formula is C16H18F2N2O. The third-order valence-electron chi connectivity index (χ3n) is 3.49. The van der Waals surface area contributed by atoms with Crippen molar-refractivity contribution in [3.63, 3.8) is 0 Å². The van der Waals surface area contributed by atoms with Gasteiger partial charge in [0.15, 0.2) is 11.6 Å². The maximum absolute atomic E-state index is 13.8. The summed E-state index contributed by atoms with van der Waals surface area (Å²) < 4.78 is 31.7. The third-order valence-corrected chi connectivity index (χ3v) is 3.49. The Morgan fingerprint density at radius 2 is 1.81 bits per heavy atom. The number of nitrogens with zero attached hydrogens (tertiary/aromatic N) is 1. The number of hydrogen-bond acceptors (Lipinski definition) is 3. The molecule has 0 aliphatic rings. The normalized spacial score (nSPS) is 12.0. The molecule has 0 radical (unpaired) electrons. The summed E-state index contributed by atoms with van der Waals surface area (Å²) in [5, 5.41) is 0. The molecule has 0 bridgehead atoms. The van der Waals surface area contributed by atoms with Crippen LogP contribution >= 0.6 is 0 Å². The van der Waals surface area contributed by atoms with Crippen molar-refractivity contribution in [1.29, 1.82) is 0 Å². The van der Waals surface area contributed by atoms with Crippen LogP contribution in [-0.2, 0) is 0 Å². The molecule has 0 heterocycles. The Hall–Kier alpha value is -2.14. The van der Waals surface area contributed by atoms with E-state index in [1.165, 1.54) is 25.3 Å². The Balaban J connectivity index is 2.30. The quantitative estimate of drug-likeness (QED) is 0.920. The second-order valence-electron chi connectivity index (χ2n) is 4.73. The molecule has 0 fully saturated rings. The smallest absolute Gasteiger partial charge is 0.165 e. The van der Waals surface area contributed by atoms with Gasteiger partial charge in [-0.1, -0.05) is 6.07 Å². The molecule has 0 amide bonds. The van der Waals surface area contributed by atoms with Gasteiger partial charge in [0.1, 0.15) is 5.82 Å². The summed E-state index contributed by atoms with van der Waals surface area (Å²) in [6.07, 6.45) is 0. The Labute approximate surface area is 122 Å². The van der Waals surface area contributed by atoms with Crippen LogP contribution in [0.2, 0.25) is 0 Å². The highest BCUT2D eigenvalue weighted by Crippen LogP contribution is 2.28. The lowest BCUT2D eigenvalue weighted by Gasteiger charge is -2.29. The number of methoxy groups -OCH3 is 1. The Morgan fingerprint density at radius 1 is 1.14 bits per heavy atom. The number of hydrogen-bond donors (Lipinski definition) is 1. The minimum atomic E-state index is -0.430. The van der Waals surface area contributed by atoms with E-state index in [-0.39, 0.29) is 17.6 Å². The van der Waals surface area contributed by atoms with E-state index in [2.05, 4.69) is 0 Å². The van der Waals surface area contributed by atoms with Gasteiger partial charge in [-0.15, -0.1) is 0 Å². The number of nitrogens with two attached hydrogens (primary N) is 1. The fraction of sp³-hybridized carbons (Fsp3) is 0.250. The second kappa shape index (κ2) is 6.54. The Kier molecular flexibility index (Phi) is 4.75. The maximum atomic E-state index is 13.8. The molecule has 1 atom stereocenters. The predicted molar refractivity (Wildman–Crippen MR) is 79.6 cm³/mol. The third kappa shape index (κ3) is 3.31. The maximum Gasteiger partial charge on any atom is 0.165 e. The predicted octanol–water partition coefficient (Wildman–Crippen LogP) is 3.11. The molecule has 21 heavy (non-hydrogen) atoms. The molecule has 5 heteroatoms. The van der Waals surface area contributed by atoms with Gasteiger partial charge in [-0.05, 0) is 42.0 Å². The van der Waals surface area contributed by atoms with Crippen LogP contribution in [-0.4, -0.2) is 20.7 Å². The molecule has 0 aliphatic heterocycles. The molecule has 112 valence electrons. The molecule has 0 spiro atoms. The molecule has 0 aliphatic carbocycles. The van der Waals surface area contributed by atoms with E-state index in [9.17, 15) is 8.78 Å². The van der Waals surface area contributed by atoms with E-state index >= 15 is 0 Å². The topological polar surface area (TPSA) is 38.5 Å². The van der Waals surface area contributed by atoms with Crippen molar-refractivity contribution in [2.24, 2.45) is 5.73 Å². The first-order valence-corrected chi connectivity index (χ1v) is 6.58. The lowest BCUT2D eigenvalue weighted by atomic mass is 10.0. The van der Waals surface area contributed by atoms with Crippen molar-refractivity contribution >= 4 is 5.69 Å². The molecule has 2 rings (SSSR count). The van der Waals surface area contributed by atoms with Crippen molar-refractivity contribution in [1.82, 2.24) is 0 Å². The van der Waals surface area contributed by atoms with Crippen LogP contribution in [0.25, 0.3) is 0 Å². The minimum absolute atomic E-state index is 0.193. The molecule has 3 nitrogen and oxygen atoms in total. The number of likely N-dealkylation sites (N-methyl/N-ethyl adjacent to an activating group) is 1. The average molecular weight is 292 g/mol. The molecule has 0 aromatic heterocycles. The van der Waals surface area contributed by atoms with E-state index in [4.69, 9.17) is 10.5 Å². The highest BCUT2D eigenvalue weighted by Gasteiger charge is 2.18. The Morgan fingerprint density at radius 3 is 2.33 bits per heavy atom. The van der Waals surface area contributed by atoms with Crippen molar-refractivity contribution in [2.75, 3.05) is 25.6 Å². The summed E-state index contributed by atoms with van der Waals surface area (Å²) in [7, 11) is 3.26. The van der Waals surface area contributed by atoms with E-state index in [1.807, 2.05) is 11.9 Å². The van der Waals surface area contributed by atoms with Crippen LogP contribution in [0.1, 0.15) is 11.6 Å². The van der Waals surface area contributed by atoms with Gasteiger partial charge in [-0.25, -0.2) is 8.78 Å². The van der Waals surface area contributed by atoms with Gasteiger partial charge in [0.25, 0.3) is 0 Å². The minimum Gasteiger partial charge on any atom is -0.494 e. The van der Waals surface area contributed by atoms with Crippen molar-refractivity contribution < 1.29 is 13.5 Å². The first-order chi connectivity index (χ1) is 10.1. The van der Waals surface area contributed by atoms with Crippen LogP contribution in [0, 0.1) is 11.6 Å². The van der Waals surface area contributed by atoms with Gasteiger partial charge in [-0.3, -0.25) is 0 Å². The van der Waals surface area contributed by atoms with Gasteiger partial charge >= 0.3 is 0 Å². The zero-order valence-electron chi connectivity index (χ0n) is 12.0. The van der Waals surface area contributed by atoms with Gasteiger partial charge in [0.05, 0.1) is 13.2 Å². The summed E-state index contributed by atoms with van der Waals surface area (Å²) in [6, 6.07) is 10.6. The van der Waals surface area contributed by atoms with Gasteiger partial charge in [0.2, 0.25) is 0 Å². The average Bonchev–Trinajstić information content (AvgIpc) is 2.49. The van der Waals surface area contributed by atoms with Crippen LogP contribution in [0.15, 0.2) is 42.5 Å². The van der Waals surface area contributed by atoms with Crippen LogP contribution < -0.4 is 15.4 Å². The molecule has 1 unspecified atom stereocenters. The Bertz CT molecular complexity index is 602. The van der Waals surface area contributed by atoms with Gasteiger partial charge < -0.3 is 15.4 Å². The molecule has 0 saturated carbocycles. The zero-order valence-corrected chi connectivity index (χ0v) is 12.0. The lowest BCUT2D eigenvalue weighted by molar-refractivity contribution is 0.386. The van der Waals surface area contributed by atoms with Crippen molar-refractivity contribution in [3.05, 3.63) is 59.7 Å². The SMILES string of the molecule is COc1ccc(C(CN)N(C)c2ccc(F)cc2)cc1F. The summed E-state index contributed by atoms with van der Waals surface area (Å²) in [5.74, 6) is -0.535. The highest BCUT2D eigenvalue weighted by molar-refractivity contribution is 5.48. The molecule has 0 saturated heterocycles. The summed E-state index contributed by atoms with van der Waals surface area (Å²) in [4.78, 5) is 1.89. The number of benzene rings is 2. The summed E-state index contributed by atoms with van der Waals surface area (Å²) >= 11 is 0. The largest absolute Gasteiger partial charge is 0.494 e. The van der Waals surface area contributed by atoms with E-state index in [0.717, 1.165) is 11.3 Å². The van der Waals surface area contributed by atoms with Gasteiger partial charge in [-0.2, -0.15) is 0 Å². The first kappa shape index (κ1) is 15.3. The monoisotopic (exact) mass is 292 g/mol. The second-order valence-corrected chi connectivity index (χ2v) is 4.73. The standard InChI is InChI=1S/C16H18F2N2O/c1-20(13-6-4-12(17)5-7-13)15(10-19)11-3-8-16(21-2)14(18)9-11/h3-9,15H,10,19H2,1-2H3. The lowest BCUT2D eigenvalue weighted by Crippen LogP contribution is -2.30. The van der Waals surface area contributed by atoms with E-state index in [0.29, 0.717) is 6.54 Å². The first-order valence-electron chi connectivity index (χ1n) is 6.58. The van der Waals surface area contributed by atoms with Gasteiger partial charge in [0, 0.05) is 19.3 Å². The van der Waals surface area contributed by atoms with E-state index in [1.54, 1.807) is 24.3 Å².